The monoisotopic (exact) mass is 548 g/mol. The smallest absolute Gasteiger partial charge is 0.416 e. The van der Waals surface area contributed by atoms with Gasteiger partial charge in [-0.2, -0.15) is 13.2 Å². The molecule has 11 heteroatoms. The highest BCUT2D eigenvalue weighted by atomic mass is 35.5. The summed E-state index contributed by atoms with van der Waals surface area (Å²) in [7, 11) is 0. The maximum atomic E-state index is 13.1. The van der Waals surface area contributed by atoms with Crippen LogP contribution in [0.25, 0.3) is 6.08 Å². The van der Waals surface area contributed by atoms with Crippen molar-refractivity contribution in [2.75, 3.05) is 16.8 Å². The highest BCUT2D eigenvalue weighted by Crippen LogP contribution is 2.38. The van der Waals surface area contributed by atoms with Gasteiger partial charge in [-0.25, -0.2) is 0 Å². The van der Waals surface area contributed by atoms with Crippen molar-refractivity contribution in [3.05, 3.63) is 93.9 Å². The Bertz CT molecular complexity index is 1380. The molecule has 0 radical (unpaired) electrons. The highest BCUT2D eigenvalue weighted by Gasteiger charge is 2.36. The highest BCUT2D eigenvalue weighted by molar-refractivity contribution is 8.27. The second-order valence-corrected chi connectivity index (χ2v) is 9.54. The Labute approximate surface area is 218 Å². The third kappa shape index (κ3) is 6.07. The van der Waals surface area contributed by atoms with E-state index in [0.717, 1.165) is 28.8 Å². The van der Waals surface area contributed by atoms with Crippen molar-refractivity contribution < 1.29 is 27.5 Å². The first-order chi connectivity index (χ1) is 17.1. The van der Waals surface area contributed by atoms with Gasteiger partial charge < -0.3 is 10.1 Å². The lowest BCUT2D eigenvalue weighted by molar-refractivity contribution is -0.137. The van der Waals surface area contributed by atoms with Crippen LogP contribution < -0.4 is 15.0 Å². The molecule has 2 amide bonds. The van der Waals surface area contributed by atoms with Crippen molar-refractivity contribution in [2.45, 2.75) is 6.18 Å². The van der Waals surface area contributed by atoms with Crippen molar-refractivity contribution in [2.24, 2.45) is 0 Å². The Balaban J connectivity index is 1.45. The lowest BCUT2D eigenvalue weighted by atomic mass is 10.1. The first kappa shape index (κ1) is 25.7. The minimum absolute atomic E-state index is 0.0392. The fourth-order valence-corrected chi connectivity index (χ4v) is 4.74. The molecule has 0 aliphatic carbocycles. The van der Waals surface area contributed by atoms with E-state index in [1.54, 1.807) is 54.6 Å². The predicted molar refractivity (Wildman–Crippen MR) is 139 cm³/mol. The number of para-hydroxylation sites is 1. The van der Waals surface area contributed by atoms with Crippen LogP contribution in [0, 0.1) is 0 Å². The first-order valence-corrected chi connectivity index (χ1v) is 11.9. The van der Waals surface area contributed by atoms with Gasteiger partial charge in [0.25, 0.3) is 11.8 Å². The zero-order chi connectivity index (χ0) is 25.9. The van der Waals surface area contributed by atoms with E-state index in [1.165, 1.54) is 12.1 Å². The van der Waals surface area contributed by atoms with Crippen LogP contribution in [0.2, 0.25) is 5.02 Å². The first-order valence-electron chi connectivity index (χ1n) is 10.3. The molecule has 3 aromatic carbocycles. The molecular weight excluding hydrogens is 533 g/mol. The van der Waals surface area contributed by atoms with Gasteiger partial charge in [0.2, 0.25) is 0 Å². The number of hydrogen-bond donors (Lipinski definition) is 1. The molecule has 0 atom stereocenters. The van der Waals surface area contributed by atoms with Crippen LogP contribution in [0.4, 0.5) is 24.5 Å². The average Bonchev–Trinajstić information content (AvgIpc) is 3.11. The number of benzene rings is 3. The quantitative estimate of drug-likeness (QED) is 0.272. The van der Waals surface area contributed by atoms with E-state index in [4.69, 9.17) is 28.6 Å². The number of hydrogen-bond acceptors (Lipinski definition) is 5. The fourth-order valence-electron chi connectivity index (χ4n) is 3.25. The number of amides is 2. The summed E-state index contributed by atoms with van der Waals surface area (Å²) in [4.78, 5) is 26.5. The molecule has 1 aliphatic rings. The zero-order valence-corrected chi connectivity index (χ0v) is 20.6. The molecule has 1 heterocycles. The summed E-state index contributed by atoms with van der Waals surface area (Å²) in [5, 5.41) is 3.05. The van der Waals surface area contributed by atoms with Crippen molar-refractivity contribution >= 4 is 69.2 Å². The number of carbonyl (C=O) groups excluding carboxylic acids is 2. The summed E-state index contributed by atoms with van der Waals surface area (Å²) in [6, 6.07) is 17.9. The number of rotatable bonds is 6. The number of anilines is 2. The van der Waals surface area contributed by atoms with Crippen molar-refractivity contribution in [3.8, 4) is 5.75 Å². The molecule has 1 aliphatic heterocycles. The number of ether oxygens (including phenoxy) is 1. The molecule has 0 saturated carbocycles. The number of thioether (sulfide) groups is 1. The Morgan fingerprint density at radius 3 is 2.58 bits per heavy atom. The van der Waals surface area contributed by atoms with Gasteiger partial charge in [0.15, 0.2) is 10.9 Å². The summed E-state index contributed by atoms with van der Waals surface area (Å²) in [5.41, 5.74) is 0.215. The molecule has 5 nitrogen and oxygen atoms in total. The van der Waals surface area contributed by atoms with Crippen LogP contribution in [0.5, 0.6) is 5.75 Å². The number of thiocarbonyl (C=S) groups is 1. The van der Waals surface area contributed by atoms with Gasteiger partial charge in [-0.3, -0.25) is 14.5 Å². The molecule has 3 aromatic rings. The van der Waals surface area contributed by atoms with E-state index < -0.39 is 23.6 Å². The Kier molecular flexibility index (Phi) is 7.67. The molecule has 0 unspecified atom stereocenters. The molecule has 1 fully saturated rings. The lowest BCUT2D eigenvalue weighted by Gasteiger charge is -2.16. The van der Waals surface area contributed by atoms with E-state index in [9.17, 15) is 22.8 Å². The van der Waals surface area contributed by atoms with Gasteiger partial charge in [-0.1, -0.05) is 65.9 Å². The normalized spacial score (nSPS) is 14.9. The van der Waals surface area contributed by atoms with Crippen molar-refractivity contribution in [1.82, 2.24) is 0 Å². The minimum atomic E-state index is -4.54. The van der Waals surface area contributed by atoms with Crippen LogP contribution in [0.3, 0.4) is 0 Å². The molecule has 1 saturated heterocycles. The van der Waals surface area contributed by atoms with Gasteiger partial charge in [-0.05, 0) is 54.1 Å². The third-order valence-electron chi connectivity index (χ3n) is 4.90. The summed E-state index contributed by atoms with van der Waals surface area (Å²) in [6.07, 6.45) is -2.99. The van der Waals surface area contributed by atoms with Gasteiger partial charge in [0.1, 0.15) is 5.75 Å². The molecule has 36 heavy (non-hydrogen) atoms. The molecular formula is C25H16ClF3N2O3S2. The number of nitrogens with zero attached hydrogens (tertiary/aromatic N) is 1. The van der Waals surface area contributed by atoms with E-state index >= 15 is 0 Å². The summed E-state index contributed by atoms with van der Waals surface area (Å²) in [5.74, 6) is -0.559. The van der Waals surface area contributed by atoms with Crippen molar-refractivity contribution in [1.29, 1.82) is 0 Å². The minimum Gasteiger partial charge on any atom is -0.484 e. The molecule has 4 rings (SSSR count). The SMILES string of the molecule is O=C(COc1cccc(/C=C2\SC(=S)N(c3cccc(C(F)(F)F)c3)C2=O)c1)Nc1ccccc1Cl. The fraction of sp³-hybridized carbons (Fsp3) is 0.0800. The van der Waals surface area contributed by atoms with Crippen molar-refractivity contribution in [3.63, 3.8) is 0 Å². The summed E-state index contributed by atoms with van der Waals surface area (Å²) < 4.78 is 45.0. The van der Waals surface area contributed by atoms with Crippen LogP contribution in [0.1, 0.15) is 11.1 Å². The topological polar surface area (TPSA) is 58.6 Å². The largest absolute Gasteiger partial charge is 0.484 e. The summed E-state index contributed by atoms with van der Waals surface area (Å²) >= 11 is 12.3. The Morgan fingerprint density at radius 2 is 1.83 bits per heavy atom. The van der Waals surface area contributed by atoms with E-state index in [2.05, 4.69) is 5.32 Å². The number of carbonyl (C=O) groups is 2. The Morgan fingerprint density at radius 1 is 1.08 bits per heavy atom. The van der Waals surface area contributed by atoms with Gasteiger partial charge in [0.05, 0.1) is 26.9 Å². The predicted octanol–water partition coefficient (Wildman–Crippen LogP) is 6.78. The van der Waals surface area contributed by atoms with Gasteiger partial charge in [-0.15, -0.1) is 0 Å². The zero-order valence-electron chi connectivity index (χ0n) is 18.2. The maximum Gasteiger partial charge on any atom is 0.416 e. The molecule has 0 spiro atoms. The van der Waals surface area contributed by atoms with Crippen LogP contribution in [-0.4, -0.2) is 22.7 Å². The number of alkyl halides is 3. The van der Waals surface area contributed by atoms with E-state index in [0.29, 0.717) is 22.0 Å². The third-order valence-corrected chi connectivity index (χ3v) is 6.53. The summed E-state index contributed by atoms with van der Waals surface area (Å²) in [6.45, 7) is -0.271. The lowest BCUT2D eigenvalue weighted by Crippen LogP contribution is -2.27. The standard InChI is InChI=1S/C25H16ClF3N2O3S2/c26-19-9-1-2-10-20(19)30-22(32)14-34-18-8-3-5-15(11-18)12-21-23(33)31(24(35)36-21)17-7-4-6-16(13-17)25(27,28)29/h1-13H,14H2,(H,30,32)/b21-12-. The van der Waals surface area contributed by atoms with Gasteiger partial charge >= 0.3 is 6.18 Å². The number of nitrogens with one attached hydrogen (secondary N) is 1. The molecule has 184 valence electrons. The molecule has 1 N–H and O–H groups in total. The van der Waals surface area contributed by atoms with E-state index in [-0.39, 0.29) is 21.5 Å². The van der Waals surface area contributed by atoms with E-state index in [1.807, 2.05) is 0 Å². The Hall–Kier alpha value is -3.34. The second-order valence-electron chi connectivity index (χ2n) is 7.45. The van der Waals surface area contributed by atoms with Crippen LogP contribution in [0.15, 0.2) is 77.7 Å². The van der Waals surface area contributed by atoms with Crippen LogP contribution in [-0.2, 0) is 15.8 Å². The molecule has 0 aromatic heterocycles. The number of halogens is 4. The second kappa shape index (κ2) is 10.7. The van der Waals surface area contributed by atoms with Gasteiger partial charge in [0, 0.05) is 0 Å². The molecule has 0 bridgehead atoms. The van der Waals surface area contributed by atoms with Crippen LogP contribution >= 0.6 is 35.6 Å². The average molecular weight is 549 g/mol. The maximum absolute atomic E-state index is 13.1.